The summed E-state index contributed by atoms with van der Waals surface area (Å²) in [6.07, 6.45) is 3.84. The van der Waals surface area contributed by atoms with Crippen molar-refractivity contribution in [1.82, 2.24) is 10.2 Å². The lowest BCUT2D eigenvalue weighted by molar-refractivity contribution is 0.169. The molecule has 112 valence electrons. The molecule has 0 aliphatic carbocycles. The largest absolute Gasteiger partial charge is 0.309 e. The molecule has 1 heterocycles. The van der Waals surface area contributed by atoms with Crippen molar-refractivity contribution < 1.29 is 0 Å². The molecule has 2 unspecified atom stereocenters. The topological polar surface area (TPSA) is 15.3 Å². The van der Waals surface area contributed by atoms with Crippen molar-refractivity contribution in [2.24, 2.45) is 5.92 Å². The zero-order valence-electron chi connectivity index (χ0n) is 13.3. The van der Waals surface area contributed by atoms with Crippen LogP contribution in [-0.2, 0) is 0 Å². The Morgan fingerprint density at radius 1 is 1.20 bits per heavy atom. The molecule has 0 amide bonds. The van der Waals surface area contributed by atoms with Gasteiger partial charge < -0.3 is 5.32 Å². The third kappa shape index (κ3) is 4.07. The van der Waals surface area contributed by atoms with Gasteiger partial charge in [0, 0.05) is 25.2 Å². The molecule has 0 bridgehead atoms. The van der Waals surface area contributed by atoms with Crippen LogP contribution in [0.4, 0.5) is 0 Å². The average Bonchev–Trinajstić information content (AvgIpc) is 2.68. The van der Waals surface area contributed by atoms with E-state index in [0.717, 1.165) is 19.0 Å². The minimum Gasteiger partial charge on any atom is -0.309 e. The zero-order valence-corrected chi connectivity index (χ0v) is 13.3. The highest BCUT2D eigenvalue weighted by atomic mass is 15.2. The highest BCUT2D eigenvalue weighted by Gasteiger charge is 2.24. The van der Waals surface area contributed by atoms with Gasteiger partial charge in [-0.15, -0.1) is 0 Å². The quantitative estimate of drug-likeness (QED) is 0.877. The number of rotatable bonds is 5. The summed E-state index contributed by atoms with van der Waals surface area (Å²) in [5, 5.41) is 3.73. The normalized spacial score (nSPS) is 24.8. The minimum atomic E-state index is 0.482. The molecule has 2 rings (SSSR count). The van der Waals surface area contributed by atoms with Crippen LogP contribution in [0.2, 0.25) is 0 Å². The fraction of sp³-hybridized carbons (Fsp3) is 0.667. The summed E-state index contributed by atoms with van der Waals surface area (Å²) in [7, 11) is 0. The van der Waals surface area contributed by atoms with Crippen molar-refractivity contribution in [3.63, 3.8) is 0 Å². The lowest BCUT2D eigenvalue weighted by atomic mass is 10.0. The highest BCUT2D eigenvalue weighted by molar-refractivity contribution is 5.19. The minimum absolute atomic E-state index is 0.482. The van der Waals surface area contributed by atoms with Crippen LogP contribution in [0, 0.1) is 5.92 Å². The van der Waals surface area contributed by atoms with Crippen molar-refractivity contribution >= 4 is 0 Å². The standard InChI is InChI=1S/C18H30N2/c1-4-16(5-2)13-20-14-18(19-12-11-15(20)3)17-9-7-6-8-10-17/h6-10,15-16,18-19H,4-5,11-14H2,1-3H3. The van der Waals surface area contributed by atoms with Crippen LogP contribution in [0.3, 0.4) is 0 Å². The van der Waals surface area contributed by atoms with Crippen LogP contribution in [-0.4, -0.2) is 30.6 Å². The van der Waals surface area contributed by atoms with E-state index in [1.807, 2.05) is 0 Å². The Labute approximate surface area is 124 Å². The lowest BCUT2D eigenvalue weighted by Gasteiger charge is -2.32. The first kappa shape index (κ1) is 15.5. The second kappa shape index (κ2) is 7.80. The molecule has 1 aliphatic heterocycles. The van der Waals surface area contributed by atoms with Gasteiger partial charge in [-0.25, -0.2) is 0 Å². The molecule has 2 heteroatoms. The average molecular weight is 274 g/mol. The van der Waals surface area contributed by atoms with E-state index in [-0.39, 0.29) is 0 Å². The third-order valence-electron chi connectivity index (χ3n) is 4.84. The first-order chi connectivity index (χ1) is 9.74. The molecular weight excluding hydrogens is 244 g/mol. The van der Waals surface area contributed by atoms with E-state index in [1.54, 1.807) is 0 Å². The summed E-state index contributed by atoms with van der Waals surface area (Å²) in [4.78, 5) is 2.70. The monoisotopic (exact) mass is 274 g/mol. The fourth-order valence-corrected chi connectivity index (χ4v) is 3.17. The van der Waals surface area contributed by atoms with Crippen molar-refractivity contribution in [3.05, 3.63) is 35.9 Å². The van der Waals surface area contributed by atoms with Crippen LogP contribution in [0.15, 0.2) is 30.3 Å². The Bertz CT molecular complexity index is 372. The molecule has 0 saturated carbocycles. The molecule has 0 spiro atoms. The Hall–Kier alpha value is -0.860. The van der Waals surface area contributed by atoms with Crippen molar-refractivity contribution in [2.75, 3.05) is 19.6 Å². The second-order valence-electron chi connectivity index (χ2n) is 6.19. The van der Waals surface area contributed by atoms with Gasteiger partial charge in [-0.1, -0.05) is 57.0 Å². The van der Waals surface area contributed by atoms with Crippen LogP contribution in [0.5, 0.6) is 0 Å². The summed E-state index contributed by atoms with van der Waals surface area (Å²) in [5.41, 5.74) is 1.43. The number of nitrogens with one attached hydrogen (secondary N) is 1. The summed E-state index contributed by atoms with van der Waals surface area (Å²) in [5.74, 6) is 0.840. The summed E-state index contributed by atoms with van der Waals surface area (Å²) in [6, 6.07) is 12.1. The van der Waals surface area contributed by atoms with Crippen LogP contribution in [0.25, 0.3) is 0 Å². The highest BCUT2D eigenvalue weighted by Crippen LogP contribution is 2.22. The maximum Gasteiger partial charge on any atom is 0.0449 e. The van der Waals surface area contributed by atoms with Gasteiger partial charge in [0.2, 0.25) is 0 Å². The molecule has 1 aromatic rings. The number of hydrogen-bond acceptors (Lipinski definition) is 2. The van der Waals surface area contributed by atoms with E-state index in [2.05, 4.69) is 61.3 Å². The molecule has 1 saturated heterocycles. The second-order valence-corrected chi connectivity index (χ2v) is 6.19. The number of hydrogen-bond donors (Lipinski definition) is 1. The molecule has 20 heavy (non-hydrogen) atoms. The van der Waals surface area contributed by atoms with Gasteiger partial charge in [0.1, 0.15) is 0 Å². The van der Waals surface area contributed by atoms with Gasteiger partial charge in [0.25, 0.3) is 0 Å². The SMILES string of the molecule is CCC(CC)CN1CC(c2ccccc2)NCCC1C. The Balaban J connectivity index is 2.06. The molecule has 1 aliphatic rings. The number of nitrogens with zero attached hydrogens (tertiary/aromatic N) is 1. The predicted octanol–water partition coefficient (Wildman–Crippen LogP) is 3.85. The van der Waals surface area contributed by atoms with E-state index in [1.165, 1.54) is 31.4 Å². The van der Waals surface area contributed by atoms with E-state index >= 15 is 0 Å². The maximum absolute atomic E-state index is 3.73. The van der Waals surface area contributed by atoms with Gasteiger partial charge >= 0.3 is 0 Å². The Morgan fingerprint density at radius 3 is 2.55 bits per heavy atom. The van der Waals surface area contributed by atoms with Crippen molar-refractivity contribution in [2.45, 2.75) is 52.1 Å². The van der Waals surface area contributed by atoms with Crippen LogP contribution >= 0.6 is 0 Å². The van der Waals surface area contributed by atoms with Crippen LogP contribution < -0.4 is 5.32 Å². The summed E-state index contributed by atoms with van der Waals surface area (Å²) >= 11 is 0. The lowest BCUT2D eigenvalue weighted by Crippen LogP contribution is -2.39. The molecule has 1 fully saturated rings. The molecule has 2 atom stereocenters. The molecule has 1 aromatic carbocycles. The van der Waals surface area contributed by atoms with E-state index in [4.69, 9.17) is 0 Å². The van der Waals surface area contributed by atoms with Gasteiger partial charge in [-0.3, -0.25) is 4.90 Å². The first-order valence-electron chi connectivity index (χ1n) is 8.27. The summed E-state index contributed by atoms with van der Waals surface area (Å²) < 4.78 is 0. The molecule has 0 radical (unpaired) electrons. The maximum atomic E-state index is 3.73. The van der Waals surface area contributed by atoms with Crippen LogP contribution in [0.1, 0.15) is 51.6 Å². The van der Waals surface area contributed by atoms with Gasteiger partial charge in [-0.05, 0) is 31.4 Å². The van der Waals surface area contributed by atoms with Crippen molar-refractivity contribution in [3.8, 4) is 0 Å². The third-order valence-corrected chi connectivity index (χ3v) is 4.84. The Morgan fingerprint density at radius 2 is 1.90 bits per heavy atom. The predicted molar refractivity (Wildman–Crippen MR) is 86.9 cm³/mol. The van der Waals surface area contributed by atoms with Gasteiger partial charge in [0.15, 0.2) is 0 Å². The van der Waals surface area contributed by atoms with E-state index < -0.39 is 0 Å². The number of benzene rings is 1. The first-order valence-corrected chi connectivity index (χ1v) is 8.27. The smallest absolute Gasteiger partial charge is 0.0449 e. The van der Waals surface area contributed by atoms with Crippen molar-refractivity contribution in [1.29, 1.82) is 0 Å². The summed E-state index contributed by atoms with van der Waals surface area (Å²) in [6.45, 7) is 10.5. The molecule has 0 aromatic heterocycles. The van der Waals surface area contributed by atoms with E-state index in [0.29, 0.717) is 12.1 Å². The van der Waals surface area contributed by atoms with E-state index in [9.17, 15) is 0 Å². The molecule has 2 nitrogen and oxygen atoms in total. The molecular formula is C18H30N2. The van der Waals surface area contributed by atoms with Gasteiger partial charge in [-0.2, -0.15) is 0 Å². The van der Waals surface area contributed by atoms with Gasteiger partial charge in [0.05, 0.1) is 0 Å². The molecule has 1 N–H and O–H groups in total. The fourth-order valence-electron chi connectivity index (χ4n) is 3.17. The Kier molecular flexibility index (Phi) is 6.06. The zero-order chi connectivity index (χ0) is 14.4.